The Labute approximate surface area is 259 Å². The van der Waals surface area contributed by atoms with Crippen molar-refractivity contribution in [1.82, 2.24) is 10.2 Å². The summed E-state index contributed by atoms with van der Waals surface area (Å²) in [5, 5.41) is 3.18. The molecule has 2 amide bonds. The van der Waals surface area contributed by atoms with Crippen LogP contribution in [0, 0.1) is 20.8 Å². The maximum absolute atomic E-state index is 14.4. The summed E-state index contributed by atoms with van der Waals surface area (Å²) >= 11 is 6.27. The molecule has 43 heavy (non-hydrogen) atoms. The molecule has 4 rings (SSSR count). The Morgan fingerprint density at radius 1 is 0.814 bits per heavy atom. The van der Waals surface area contributed by atoms with Crippen LogP contribution in [0.3, 0.4) is 0 Å². The average Bonchev–Trinajstić information content (AvgIpc) is 2.98. The van der Waals surface area contributed by atoms with Crippen molar-refractivity contribution in [2.24, 2.45) is 0 Å². The lowest BCUT2D eigenvalue weighted by Gasteiger charge is -2.34. The van der Waals surface area contributed by atoms with Gasteiger partial charge in [-0.05, 0) is 67.8 Å². The first-order chi connectivity index (χ1) is 20.5. The molecule has 0 aliphatic carbocycles. The molecule has 0 aromatic heterocycles. The first-order valence-electron chi connectivity index (χ1n) is 14.0. The number of nitrogens with zero attached hydrogens (tertiary/aromatic N) is 2. The Kier molecular flexibility index (Phi) is 10.3. The molecule has 0 aliphatic heterocycles. The van der Waals surface area contributed by atoms with Crippen molar-refractivity contribution < 1.29 is 18.0 Å². The Hall–Kier alpha value is -4.14. The first-order valence-corrected chi connectivity index (χ1v) is 15.8. The van der Waals surface area contributed by atoms with Gasteiger partial charge in [0.25, 0.3) is 10.0 Å². The summed E-state index contributed by atoms with van der Waals surface area (Å²) in [6.07, 6.45) is 0.237. The number of hydrogen-bond donors (Lipinski definition) is 1. The lowest BCUT2D eigenvalue weighted by Crippen LogP contribution is -2.53. The molecule has 0 fully saturated rings. The summed E-state index contributed by atoms with van der Waals surface area (Å²) in [4.78, 5) is 29.3. The Bertz CT molecular complexity index is 1690. The summed E-state index contributed by atoms with van der Waals surface area (Å²) < 4.78 is 29.4. The van der Waals surface area contributed by atoms with E-state index in [1.54, 1.807) is 36.4 Å². The van der Waals surface area contributed by atoms with Crippen LogP contribution in [0.4, 0.5) is 5.69 Å². The molecule has 0 saturated heterocycles. The molecule has 0 bridgehead atoms. The highest BCUT2D eigenvalue weighted by atomic mass is 35.5. The van der Waals surface area contributed by atoms with Crippen LogP contribution in [0.2, 0.25) is 5.02 Å². The Morgan fingerprint density at radius 3 is 2.09 bits per heavy atom. The molecule has 4 aromatic carbocycles. The lowest BCUT2D eigenvalue weighted by molar-refractivity contribution is -0.139. The van der Waals surface area contributed by atoms with Crippen LogP contribution in [0.15, 0.2) is 102 Å². The first kappa shape index (κ1) is 31.8. The molecule has 1 N–H and O–H groups in total. The maximum atomic E-state index is 14.4. The predicted octanol–water partition coefficient (Wildman–Crippen LogP) is 5.85. The molecular formula is C34H36ClN3O4S. The van der Waals surface area contributed by atoms with Gasteiger partial charge in [-0.25, -0.2) is 8.42 Å². The standard InChI is InChI=1S/C34H36ClN3O4S/c1-24-13-16-30(17-14-24)43(41,42)38(31-18-15-25(2)19-26(31)3)23-33(39)37(22-28-11-8-12-29(35)20-28)32(34(40)36-4)21-27-9-6-5-7-10-27/h5-20,32H,21-23H2,1-4H3,(H,36,40)/t32-/m0/s1. The van der Waals surface area contributed by atoms with Gasteiger partial charge >= 0.3 is 0 Å². The number of rotatable bonds is 11. The van der Waals surface area contributed by atoms with Crippen LogP contribution < -0.4 is 9.62 Å². The van der Waals surface area contributed by atoms with Crippen molar-refractivity contribution in [3.63, 3.8) is 0 Å². The van der Waals surface area contributed by atoms with E-state index >= 15 is 0 Å². The summed E-state index contributed by atoms with van der Waals surface area (Å²) in [5.74, 6) is -0.890. The molecule has 224 valence electrons. The second-order valence-corrected chi connectivity index (χ2v) is 12.9. The number of nitrogens with one attached hydrogen (secondary N) is 1. The molecule has 4 aromatic rings. The minimum absolute atomic E-state index is 0.0512. The van der Waals surface area contributed by atoms with Crippen LogP contribution in [-0.2, 0) is 32.6 Å². The van der Waals surface area contributed by atoms with Gasteiger partial charge in [0, 0.05) is 25.0 Å². The van der Waals surface area contributed by atoms with Crippen LogP contribution in [0.5, 0.6) is 0 Å². The second-order valence-electron chi connectivity index (χ2n) is 10.6. The molecule has 9 heteroatoms. The number of amides is 2. The zero-order valence-electron chi connectivity index (χ0n) is 24.7. The largest absolute Gasteiger partial charge is 0.357 e. The zero-order valence-corrected chi connectivity index (χ0v) is 26.3. The van der Waals surface area contributed by atoms with E-state index in [0.29, 0.717) is 21.8 Å². The highest BCUT2D eigenvalue weighted by molar-refractivity contribution is 7.92. The fourth-order valence-electron chi connectivity index (χ4n) is 4.99. The Balaban J connectivity index is 1.81. The second kappa shape index (κ2) is 13.9. The molecule has 0 aliphatic rings. The zero-order chi connectivity index (χ0) is 31.1. The van der Waals surface area contributed by atoms with Gasteiger partial charge in [-0.15, -0.1) is 0 Å². The normalized spacial score (nSPS) is 11.9. The van der Waals surface area contributed by atoms with E-state index in [4.69, 9.17) is 11.6 Å². The lowest BCUT2D eigenvalue weighted by atomic mass is 10.0. The molecular weight excluding hydrogens is 582 g/mol. The van der Waals surface area contributed by atoms with Gasteiger partial charge in [0.15, 0.2) is 0 Å². The van der Waals surface area contributed by atoms with Crippen molar-refractivity contribution >= 4 is 39.1 Å². The smallest absolute Gasteiger partial charge is 0.264 e. The number of carbonyl (C=O) groups excluding carboxylic acids is 2. The van der Waals surface area contributed by atoms with Crippen LogP contribution >= 0.6 is 11.6 Å². The summed E-state index contributed by atoms with van der Waals surface area (Å²) in [6.45, 7) is 5.15. The number of likely N-dealkylation sites (N-methyl/N-ethyl adjacent to an activating group) is 1. The van der Waals surface area contributed by atoms with Crippen LogP contribution in [0.1, 0.15) is 27.8 Å². The fraction of sp³-hybridized carbons (Fsp3) is 0.235. The minimum atomic E-state index is -4.16. The number of benzene rings is 4. The number of aryl methyl sites for hydroxylation is 3. The van der Waals surface area contributed by atoms with Gasteiger partial charge < -0.3 is 10.2 Å². The number of anilines is 1. The topological polar surface area (TPSA) is 86.8 Å². The van der Waals surface area contributed by atoms with Gasteiger partial charge in [-0.3, -0.25) is 13.9 Å². The third kappa shape index (κ3) is 7.83. The highest BCUT2D eigenvalue weighted by Gasteiger charge is 2.34. The van der Waals surface area contributed by atoms with Crippen molar-refractivity contribution in [2.75, 3.05) is 17.9 Å². The van der Waals surface area contributed by atoms with Gasteiger partial charge in [-0.2, -0.15) is 0 Å². The third-order valence-corrected chi connectivity index (χ3v) is 9.28. The molecule has 0 heterocycles. The third-order valence-electron chi connectivity index (χ3n) is 7.27. The number of hydrogen-bond acceptors (Lipinski definition) is 4. The number of carbonyl (C=O) groups is 2. The SMILES string of the molecule is CNC(=O)[C@H](Cc1ccccc1)N(Cc1cccc(Cl)c1)C(=O)CN(c1ccc(C)cc1C)S(=O)(=O)c1ccc(C)cc1. The van der Waals surface area contributed by atoms with E-state index in [-0.39, 0.29) is 23.8 Å². The monoisotopic (exact) mass is 617 g/mol. The van der Waals surface area contributed by atoms with Crippen molar-refractivity contribution in [2.45, 2.75) is 44.7 Å². The number of halogens is 1. The fourth-order valence-corrected chi connectivity index (χ4v) is 6.68. The highest BCUT2D eigenvalue weighted by Crippen LogP contribution is 2.29. The summed E-state index contributed by atoms with van der Waals surface area (Å²) in [6, 6.07) is 27.5. The molecule has 0 unspecified atom stereocenters. The van der Waals surface area contributed by atoms with E-state index in [0.717, 1.165) is 21.0 Å². The quantitative estimate of drug-likeness (QED) is 0.229. The van der Waals surface area contributed by atoms with Gasteiger partial charge in [-0.1, -0.05) is 89.5 Å². The molecule has 1 atom stereocenters. The van der Waals surface area contributed by atoms with E-state index in [1.165, 1.54) is 24.1 Å². The van der Waals surface area contributed by atoms with Gasteiger partial charge in [0.2, 0.25) is 11.8 Å². The molecule has 0 saturated carbocycles. The minimum Gasteiger partial charge on any atom is -0.357 e. The maximum Gasteiger partial charge on any atom is 0.264 e. The molecule has 0 radical (unpaired) electrons. The summed E-state index contributed by atoms with van der Waals surface area (Å²) in [5.41, 5.74) is 4.54. The molecule has 7 nitrogen and oxygen atoms in total. The average molecular weight is 618 g/mol. The molecule has 0 spiro atoms. The van der Waals surface area contributed by atoms with Crippen molar-refractivity contribution in [1.29, 1.82) is 0 Å². The number of sulfonamides is 1. The van der Waals surface area contributed by atoms with Crippen LogP contribution in [0.25, 0.3) is 0 Å². The summed E-state index contributed by atoms with van der Waals surface area (Å²) in [7, 11) is -2.64. The Morgan fingerprint density at radius 2 is 1.47 bits per heavy atom. The van der Waals surface area contributed by atoms with Gasteiger partial charge in [0.05, 0.1) is 10.6 Å². The van der Waals surface area contributed by atoms with E-state index in [1.807, 2.05) is 69.3 Å². The van der Waals surface area contributed by atoms with Crippen LogP contribution in [-0.4, -0.2) is 44.8 Å². The van der Waals surface area contributed by atoms with Gasteiger partial charge in [0.1, 0.15) is 12.6 Å². The van der Waals surface area contributed by atoms with E-state index in [9.17, 15) is 18.0 Å². The van der Waals surface area contributed by atoms with Crippen molar-refractivity contribution in [3.05, 3.63) is 130 Å². The van der Waals surface area contributed by atoms with Crippen molar-refractivity contribution in [3.8, 4) is 0 Å². The van der Waals surface area contributed by atoms with E-state index in [2.05, 4.69) is 5.32 Å². The van der Waals surface area contributed by atoms with E-state index < -0.39 is 28.5 Å². The predicted molar refractivity (Wildman–Crippen MR) is 172 cm³/mol.